The van der Waals surface area contributed by atoms with E-state index in [1.54, 1.807) is 23.5 Å². The second kappa shape index (κ2) is 16.2. The molecule has 190 valence electrons. The van der Waals surface area contributed by atoms with E-state index < -0.39 is 6.68 Å². The third kappa shape index (κ3) is 11.6. The summed E-state index contributed by atoms with van der Waals surface area (Å²) in [6.07, 6.45) is 9.66. The van der Waals surface area contributed by atoms with Gasteiger partial charge in [0, 0.05) is 30.8 Å². The van der Waals surface area contributed by atoms with Gasteiger partial charge in [-0.25, -0.2) is 9.97 Å². The number of hydrogen-bond acceptors (Lipinski definition) is 7. The number of anilines is 2. The van der Waals surface area contributed by atoms with E-state index in [2.05, 4.69) is 47.6 Å². The molecule has 1 aliphatic rings. The molecule has 0 aliphatic heterocycles. The SMILES string of the molecule is C=CC=C.CC[C@H](CO)CCNc1nc(NCC2CC2)nc(C)c1-c1ncc(C)s1.FC(F)F. The number of alkyl halides is 3. The second-order valence-corrected chi connectivity index (χ2v) is 9.08. The molecular formula is C24H36F3N5OS. The maximum Gasteiger partial charge on any atom is 0.379 e. The molecule has 2 aromatic rings. The lowest BCUT2D eigenvalue weighted by atomic mass is 10.0. The van der Waals surface area contributed by atoms with Crippen LogP contribution < -0.4 is 10.6 Å². The van der Waals surface area contributed by atoms with Crippen LogP contribution in [-0.2, 0) is 0 Å². The predicted molar refractivity (Wildman–Crippen MR) is 135 cm³/mol. The number of aliphatic hydroxyl groups excluding tert-OH is 1. The number of nitrogens with zero attached hydrogens (tertiary/aromatic N) is 3. The van der Waals surface area contributed by atoms with Crippen molar-refractivity contribution in [3.05, 3.63) is 42.1 Å². The van der Waals surface area contributed by atoms with Crippen LogP contribution in [-0.4, -0.2) is 46.4 Å². The Morgan fingerprint density at radius 1 is 1.18 bits per heavy atom. The average Bonchev–Trinajstić information content (AvgIpc) is 3.54. The van der Waals surface area contributed by atoms with E-state index in [0.29, 0.717) is 11.9 Å². The number of nitrogens with one attached hydrogen (secondary N) is 2. The normalized spacial score (nSPS) is 13.2. The Kier molecular flexibility index (Phi) is 14.1. The molecule has 6 nitrogen and oxygen atoms in total. The molecular weight excluding hydrogens is 463 g/mol. The summed E-state index contributed by atoms with van der Waals surface area (Å²) in [5, 5.41) is 17.2. The number of thiazole rings is 1. The van der Waals surface area contributed by atoms with Gasteiger partial charge in [-0.2, -0.15) is 18.2 Å². The van der Waals surface area contributed by atoms with Gasteiger partial charge in [-0.3, -0.25) is 0 Å². The fraction of sp³-hybridized carbons (Fsp3) is 0.542. The monoisotopic (exact) mass is 499 g/mol. The van der Waals surface area contributed by atoms with Crippen LogP contribution in [0.15, 0.2) is 31.5 Å². The molecule has 0 radical (unpaired) electrons. The molecule has 0 unspecified atom stereocenters. The lowest BCUT2D eigenvalue weighted by Gasteiger charge is -2.16. The number of aliphatic hydroxyl groups is 1. The van der Waals surface area contributed by atoms with Crippen LogP contribution in [0.1, 0.15) is 43.2 Å². The maximum atomic E-state index is 9.67. The highest BCUT2D eigenvalue weighted by Gasteiger charge is 2.22. The molecule has 1 aliphatic carbocycles. The highest BCUT2D eigenvalue weighted by atomic mass is 32.1. The van der Waals surface area contributed by atoms with Gasteiger partial charge in [-0.05, 0) is 44.9 Å². The van der Waals surface area contributed by atoms with E-state index in [9.17, 15) is 18.3 Å². The van der Waals surface area contributed by atoms with Crippen molar-refractivity contribution >= 4 is 23.1 Å². The zero-order chi connectivity index (χ0) is 25.5. The summed E-state index contributed by atoms with van der Waals surface area (Å²) in [7, 11) is 0. The summed E-state index contributed by atoms with van der Waals surface area (Å²) in [5.41, 5.74) is 1.92. The Hall–Kier alpha value is -2.46. The molecule has 0 bridgehead atoms. The number of allylic oxidation sites excluding steroid dienone is 2. The Bertz CT molecular complexity index is 862. The van der Waals surface area contributed by atoms with Crippen molar-refractivity contribution in [2.24, 2.45) is 11.8 Å². The van der Waals surface area contributed by atoms with Gasteiger partial charge in [0.2, 0.25) is 5.95 Å². The minimum atomic E-state index is -3.67. The number of hydrogen-bond donors (Lipinski definition) is 3. The van der Waals surface area contributed by atoms with Crippen molar-refractivity contribution in [3.8, 4) is 10.6 Å². The number of halogens is 3. The van der Waals surface area contributed by atoms with Crippen molar-refractivity contribution in [3.63, 3.8) is 0 Å². The third-order valence-electron chi connectivity index (χ3n) is 5.02. The average molecular weight is 500 g/mol. The molecule has 2 aromatic heterocycles. The number of rotatable bonds is 11. The van der Waals surface area contributed by atoms with E-state index >= 15 is 0 Å². The molecule has 10 heteroatoms. The Morgan fingerprint density at radius 3 is 2.29 bits per heavy atom. The summed E-state index contributed by atoms with van der Waals surface area (Å²) < 4.78 is 29.0. The molecule has 1 atom stereocenters. The lowest BCUT2D eigenvalue weighted by Crippen LogP contribution is -2.15. The van der Waals surface area contributed by atoms with Crippen LogP contribution >= 0.6 is 11.3 Å². The van der Waals surface area contributed by atoms with Gasteiger partial charge in [0.15, 0.2) is 0 Å². The fourth-order valence-corrected chi connectivity index (χ4v) is 3.75. The van der Waals surface area contributed by atoms with Gasteiger partial charge in [0.05, 0.1) is 11.3 Å². The van der Waals surface area contributed by atoms with Gasteiger partial charge in [-0.1, -0.05) is 38.7 Å². The largest absolute Gasteiger partial charge is 0.396 e. The molecule has 0 spiro atoms. The summed E-state index contributed by atoms with van der Waals surface area (Å²) in [5.74, 6) is 2.61. The highest BCUT2D eigenvalue weighted by molar-refractivity contribution is 7.15. The topological polar surface area (TPSA) is 83.0 Å². The molecule has 1 fully saturated rings. The van der Waals surface area contributed by atoms with Crippen molar-refractivity contribution in [2.75, 3.05) is 30.3 Å². The van der Waals surface area contributed by atoms with Crippen molar-refractivity contribution in [2.45, 2.75) is 53.1 Å². The molecule has 2 heterocycles. The van der Waals surface area contributed by atoms with E-state index in [-0.39, 0.29) is 6.61 Å². The van der Waals surface area contributed by atoms with Crippen molar-refractivity contribution in [1.29, 1.82) is 0 Å². The first-order chi connectivity index (χ1) is 16.2. The van der Waals surface area contributed by atoms with E-state index in [1.807, 2.05) is 13.1 Å². The summed E-state index contributed by atoms with van der Waals surface area (Å²) in [4.78, 5) is 15.1. The minimum Gasteiger partial charge on any atom is -0.396 e. The highest BCUT2D eigenvalue weighted by Crippen LogP contribution is 2.34. The molecule has 1 saturated carbocycles. The van der Waals surface area contributed by atoms with Gasteiger partial charge < -0.3 is 15.7 Å². The van der Waals surface area contributed by atoms with E-state index in [4.69, 9.17) is 4.98 Å². The Morgan fingerprint density at radius 2 is 1.82 bits per heavy atom. The zero-order valence-electron chi connectivity index (χ0n) is 20.2. The van der Waals surface area contributed by atoms with Crippen LogP contribution in [0.3, 0.4) is 0 Å². The van der Waals surface area contributed by atoms with E-state index in [1.165, 1.54) is 17.7 Å². The molecule has 3 rings (SSSR count). The van der Waals surface area contributed by atoms with Gasteiger partial charge >= 0.3 is 6.68 Å². The van der Waals surface area contributed by atoms with Crippen LogP contribution in [0.4, 0.5) is 24.9 Å². The van der Waals surface area contributed by atoms with Crippen molar-refractivity contribution < 1.29 is 18.3 Å². The minimum absolute atomic E-state index is 0.230. The number of aromatic nitrogens is 3. The Balaban J connectivity index is 0.000000629. The first-order valence-electron chi connectivity index (χ1n) is 11.3. The van der Waals surface area contributed by atoms with Crippen molar-refractivity contribution in [1.82, 2.24) is 15.0 Å². The summed E-state index contributed by atoms with van der Waals surface area (Å²) >= 11 is 1.66. The van der Waals surface area contributed by atoms with Crippen LogP contribution in [0.5, 0.6) is 0 Å². The first kappa shape index (κ1) is 29.6. The molecule has 0 amide bonds. The molecule has 34 heavy (non-hydrogen) atoms. The van der Waals surface area contributed by atoms with Gasteiger partial charge in [0.1, 0.15) is 10.8 Å². The quantitative estimate of drug-likeness (QED) is 0.311. The predicted octanol–water partition coefficient (Wildman–Crippen LogP) is 6.40. The van der Waals surface area contributed by atoms with Crippen LogP contribution in [0.2, 0.25) is 0 Å². The van der Waals surface area contributed by atoms with E-state index in [0.717, 1.165) is 53.9 Å². The zero-order valence-corrected chi connectivity index (χ0v) is 21.0. The van der Waals surface area contributed by atoms with Crippen LogP contribution in [0, 0.1) is 25.7 Å². The standard InChI is InChI=1S/C19H29N5OS.C4H6.CHF3/c1-4-14(11-25)7-8-20-17-16(18-21-9-12(2)26-18)13(3)23-19(24-17)22-10-15-5-6-15;1-3-4-2;2-1(3)4/h9,14-15,25H,4-8,10-11H2,1-3H3,(H2,20,22,23,24);3-4H,1-2H2;1H/t14-;;/m0../s1. The fourth-order valence-electron chi connectivity index (χ4n) is 2.88. The summed E-state index contributed by atoms with van der Waals surface area (Å²) in [6.45, 7) is 11.2. The lowest BCUT2D eigenvalue weighted by molar-refractivity contribution is 0.00819. The summed E-state index contributed by atoms with van der Waals surface area (Å²) in [6, 6.07) is 0. The molecule has 3 N–H and O–H groups in total. The molecule has 0 saturated heterocycles. The van der Waals surface area contributed by atoms with Gasteiger partial charge in [0.25, 0.3) is 0 Å². The third-order valence-corrected chi connectivity index (χ3v) is 5.95. The smallest absolute Gasteiger partial charge is 0.379 e. The second-order valence-electron chi connectivity index (χ2n) is 7.85. The first-order valence-corrected chi connectivity index (χ1v) is 12.1. The van der Waals surface area contributed by atoms with Crippen LogP contribution in [0.25, 0.3) is 10.6 Å². The number of aryl methyl sites for hydroxylation is 2. The van der Waals surface area contributed by atoms with Gasteiger partial charge in [-0.15, -0.1) is 11.3 Å². The maximum absolute atomic E-state index is 9.67. The Labute approximate surface area is 204 Å². The molecule has 0 aromatic carbocycles.